The van der Waals surface area contributed by atoms with Crippen LogP contribution in [0.2, 0.25) is 0 Å². The molecule has 0 aliphatic carbocycles. The maximum atomic E-state index is 12.1. The zero-order valence-electron chi connectivity index (χ0n) is 10.5. The van der Waals surface area contributed by atoms with Crippen LogP contribution in [-0.2, 0) is 0 Å². The third-order valence-electron chi connectivity index (χ3n) is 2.68. The number of halogens is 2. The Balaban J connectivity index is 2.17. The van der Waals surface area contributed by atoms with E-state index < -0.39 is 11.5 Å². The second kappa shape index (κ2) is 6.08. The van der Waals surface area contributed by atoms with E-state index in [0.29, 0.717) is 0 Å². The molecule has 0 saturated heterocycles. The van der Waals surface area contributed by atoms with E-state index in [9.17, 15) is 23.7 Å². The smallest absolute Gasteiger partial charge is 0.387 e. The number of rotatable bonds is 5. The second-order valence-corrected chi connectivity index (χ2v) is 4.04. The molecular formula is C14H9F2NO4. The first-order valence-electron chi connectivity index (χ1n) is 5.81. The van der Waals surface area contributed by atoms with Crippen LogP contribution in [0.25, 0.3) is 0 Å². The molecule has 0 aliphatic heterocycles. The molecule has 0 aromatic heterocycles. The summed E-state index contributed by atoms with van der Waals surface area (Å²) in [7, 11) is 0. The number of hydrogen-bond donors (Lipinski definition) is 0. The van der Waals surface area contributed by atoms with Gasteiger partial charge in [0.05, 0.1) is 4.92 Å². The molecule has 0 bridgehead atoms. The van der Waals surface area contributed by atoms with Gasteiger partial charge in [0.15, 0.2) is 5.78 Å². The number of nitro benzene ring substituents is 1. The summed E-state index contributed by atoms with van der Waals surface area (Å²) in [5.41, 5.74) is 0.417. The van der Waals surface area contributed by atoms with Gasteiger partial charge in [-0.1, -0.05) is 0 Å². The van der Waals surface area contributed by atoms with Gasteiger partial charge in [-0.25, -0.2) is 0 Å². The molecule has 7 heteroatoms. The molecule has 2 rings (SSSR count). The quantitative estimate of drug-likeness (QED) is 0.481. The van der Waals surface area contributed by atoms with Crippen LogP contribution in [0.4, 0.5) is 14.5 Å². The van der Waals surface area contributed by atoms with Crippen molar-refractivity contribution in [2.45, 2.75) is 6.61 Å². The third kappa shape index (κ3) is 3.59. The Hall–Kier alpha value is -2.83. The van der Waals surface area contributed by atoms with Gasteiger partial charge in [0.25, 0.3) is 5.69 Å². The first kappa shape index (κ1) is 14.6. The highest BCUT2D eigenvalue weighted by atomic mass is 19.3. The fraction of sp³-hybridized carbons (Fsp3) is 0.0714. The summed E-state index contributed by atoms with van der Waals surface area (Å²) in [6.07, 6.45) is 0. The van der Waals surface area contributed by atoms with Crippen molar-refractivity contribution in [3.63, 3.8) is 0 Å². The summed E-state index contributed by atoms with van der Waals surface area (Å²) >= 11 is 0. The molecule has 5 nitrogen and oxygen atoms in total. The number of nitro groups is 1. The number of carbonyl (C=O) groups is 1. The van der Waals surface area contributed by atoms with Crippen LogP contribution in [0.3, 0.4) is 0 Å². The Kier molecular flexibility index (Phi) is 4.22. The molecule has 0 fully saturated rings. The Morgan fingerprint density at radius 3 is 1.90 bits per heavy atom. The Bertz CT molecular complexity index is 654. The third-order valence-corrected chi connectivity index (χ3v) is 2.68. The maximum Gasteiger partial charge on any atom is 0.387 e. The largest absolute Gasteiger partial charge is 0.435 e. The molecule has 0 radical (unpaired) electrons. The van der Waals surface area contributed by atoms with Crippen molar-refractivity contribution >= 4 is 11.5 Å². The van der Waals surface area contributed by atoms with Gasteiger partial charge in [-0.3, -0.25) is 14.9 Å². The number of alkyl halides is 2. The lowest BCUT2D eigenvalue weighted by Crippen LogP contribution is -2.04. The van der Waals surface area contributed by atoms with Gasteiger partial charge in [0, 0.05) is 23.3 Å². The van der Waals surface area contributed by atoms with E-state index in [-0.39, 0.29) is 28.3 Å². The average molecular weight is 293 g/mol. The molecular weight excluding hydrogens is 284 g/mol. The predicted octanol–water partition coefficient (Wildman–Crippen LogP) is 3.43. The van der Waals surface area contributed by atoms with Crippen molar-refractivity contribution in [2.24, 2.45) is 0 Å². The van der Waals surface area contributed by atoms with E-state index >= 15 is 0 Å². The molecule has 0 spiro atoms. The Morgan fingerprint density at radius 1 is 1.00 bits per heavy atom. The zero-order valence-corrected chi connectivity index (χ0v) is 10.5. The van der Waals surface area contributed by atoms with E-state index in [1.54, 1.807) is 0 Å². The van der Waals surface area contributed by atoms with Crippen molar-refractivity contribution in [3.8, 4) is 5.75 Å². The summed E-state index contributed by atoms with van der Waals surface area (Å²) < 4.78 is 28.2. The topological polar surface area (TPSA) is 69.4 Å². The van der Waals surface area contributed by atoms with Crippen LogP contribution >= 0.6 is 0 Å². The van der Waals surface area contributed by atoms with Crippen LogP contribution < -0.4 is 4.74 Å². The first-order chi connectivity index (χ1) is 9.97. The van der Waals surface area contributed by atoms with Gasteiger partial charge in [0.1, 0.15) is 5.75 Å². The van der Waals surface area contributed by atoms with Gasteiger partial charge in [0.2, 0.25) is 0 Å². The minimum absolute atomic E-state index is 0.0507. The molecule has 108 valence electrons. The van der Waals surface area contributed by atoms with E-state index in [0.717, 1.165) is 0 Å². The zero-order chi connectivity index (χ0) is 15.4. The lowest BCUT2D eigenvalue weighted by atomic mass is 10.0. The second-order valence-electron chi connectivity index (χ2n) is 4.04. The lowest BCUT2D eigenvalue weighted by molar-refractivity contribution is -0.384. The van der Waals surface area contributed by atoms with Gasteiger partial charge >= 0.3 is 6.61 Å². The number of benzene rings is 2. The first-order valence-corrected chi connectivity index (χ1v) is 5.81. The van der Waals surface area contributed by atoms with Crippen LogP contribution in [0.1, 0.15) is 15.9 Å². The molecule has 0 N–H and O–H groups in total. The number of non-ortho nitro benzene ring substituents is 1. The molecule has 0 aliphatic rings. The van der Waals surface area contributed by atoms with Gasteiger partial charge in [-0.2, -0.15) is 8.78 Å². The lowest BCUT2D eigenvalue weighted by Gasteiger charge is -2.05. The minimum Gasteiger partial charge on any atom is -0.435 e. The summed E-state index contributed by atoms with van der Waals surface area (Å²) in [5.74, 6) is -0.418. The highest BCUT2D eigenvalue weighted by Crippen LogP contribution is 2.19. The molecule has 0 atom stereocenters. The summed E-state index contributed by atoms with van der Waals surface area (Å²) in [4.78, 5) is 22.1. The van der Waals surface area contributed by atoms with Gasteiger partial charge < -0.3 is 4.74 Å². The summed E-state index contributed by atoms with van der Waals surface area (Å²) in [5, 5.41) is 10.5. The van der Waals surface area contributed by atoms with Crippen molar-refractivity contribution in [2.75, 3.05) is 0 Å². The van der Waals surface area contributed by atoms with E-state index in [1.165, 1.54) is 48.5 Å². The standard InChI is InChI=1S/C14H9F2NO4/c15-14(16)21-12-7-3-10(4-8-12)13(18)9-1-5-11(6-2-9)17(19)20/h1-8,14H. The number of hydrogen-bond acceptors (Lipinski definition) is 4. The monoisotopic (exact) mass is 293 g/mol. The van der Waals surface area contributed by atoms with Crippen molar-refractivity contribution in [1.29, 1.82) is 0 Å². The van der Waals surface area contributed by atoms with Crippen molar-refractivity contribution < 1.29 is 23.2 Å². The molecule has 2 aromatic rings. The summed E-state index contributed by atoms with van der Waals surface area (Å²) in [6, 6.07) is 10.3. The molecule has 0 amide bonds. The predicted molar refractivity (Wildman–Crippen MR) is 69.6 cm³/mol. The normalized spacial score (nSPS) is 10.4. The van der Waals surface area contributed by atoms with E-state index in [4.69, 9.17) is 0 Å². The fourth-order valence-electron chi connectivity index (χ4n) is 1.69. The minimum atomic E-state index is -2.93. The Labute approximate surface area is 117 Å². The molecule has 0 unspecified atom stereocenters. The summed E-state index contributed by atoms with van der Waals surface area (Å²) in [6.45, 7) is -2.93. The highest BCUT2D eigenvalue weighted by Gasteiger charge is 2.12. The van der Waals surface area contributed by atoms with E-state index in [2.05, 4.69) is 4.74 Å². The maximum absolute atomic E-state index is 12.1. The Morgan fingerprint density at radius 2 is 1.48 bits per heavy atom. The number of ether oxygens (including phenoxy) is 1. The van der Waals surface area contributed by atoms with Crippen LogP contribution in [0.15, 0.2) is 48.5 Å². The molecule has 0 heterocycles. The van der Waals surface area contributed by atoms with Crippen molar-refractivity contribution in [1.82, 2.24) is 0 Å². The number of carbonyl (C=O) groups excluding carboxylic acids is 1. The van der Waals surface area contributed by atoms with Crippen LogP contribution in [0.5, 0.6) is 5.75 Å². The van der Waals surface area contributed by atoms with Crippen LogP contribution in [0, 0.1) is 10.1 Å². The highest BCUT2D eigenvalue weighted by molar-refractivity contribution is 6.09. The van der Waals surface area contributed by atoms with Gasteiger partial charge in [-0.05, 0) is 36.4 Å². The molecule has 2 aromatic carbocycles. The number of nitrogens with zero attached hydrogens (tertiary/aromatic N) is 1. The molecule has 21 heavy (non-hydrogen) atoms. The fourth-order valence-corrected chi connectivity index (χ4v) is 1.69. The van der Waals surface area contributed by atoms with E-state index in [1.807, 2.05) is 0 Å². The SMILES string of the molecule is O=C(c1ccc(OC(F)F)cc1)c1ccc([N+](=O)[O-])cc1. The number of ketones is 1. The van der Waals surface area contributed by atoms with Crippen LogP contribution in [-0.4, -0.2) is 17.3 Å². The molecule has 0 saturated carbocycles. The average Bonchev–Trinajstić information content (AvgIpc) is 2.47. The van der Waals surface area contributed by atoms with Gasteiger partial charge in [-0.15, -0.1) is 0 Å². The van der Waals surface area contributed by atoms with Crippen molar-refractivity contribution in [3.05, 3.63) is 69.8 Å².